The van der Waals surface area contributed by atoms with Crippen LogP contribution in [0.5, 0.6) is 5.75 Å². The first-order chi connectivity index (χ1) is 9.17. The van der Waals surface area contributed by atoms with Gasteiger partial charge in [-0.3, -0.25) is 0 Å². The predicted octanol–water partition coefficient (Wildman–Crippen LogP) is 3.74. The Labute approximate surface area is 115 Å². The first-order valence-corrected chi connectivity index (χ1v) is 6.31. The summed E-state index contributed by atoms with van der Waals surface area (Å²) in [6.07, 6.45) is 1.45. The van der Waals surface area contributed by atoms with E-state index in [1.807, 2.05) is 31.2 Å². The molecule has 0 bridgehead atoms. The number of benzene rings is 1. The summed E-state index contributed by atoms with van der Waals surface area (Å²) in [6, 6.07) is 7.70. The van der Waals surface area contributed by atoms with Gasteiger partial charge in [-0.1, -0.05) is 11.6 Å². The number of pyridine rings is 1. The van der Waals surface area contributed by atoms with Crippen LogP contribution in [0.3, 0.4) is 0 Å². The van der Waals surface area contributed by atoms with E-state index < -0.39 is 0 Å². The zero-order valence-electron chi connectivity index (χ0n) is 10.6. The predicted molar refractivity (Wildman–Crippen MR) is 75.7 cm³/mol. The molecule has 5 heteroatoms. The number of hydrogen-bond donors (Lipinski definition) is 1. The molecule has 19 heavy (non-hydrogen) atoms. The van der Waals surface area contributed by atoms with Gasteiger partial charge in [-0.25, -0.2) is 4.98 Å². The molecule has 3 aromatic rings. The van der Waals surface area contributed by atoms with Crippen molar-refractivity contribution < 1.29 is 9.47 Å². The van der Waals surface area contributed by atoms with Gasteiger partial charge in [0.2, 0.25) is 0 Å². The number of halogens is 1. The number of nitrogens with zero attached hydrogens (tertiary/aromatic N) is 1. The Hall–Kier alpha value is -1.78. The fourth-order valence-electron chi connectivity index (χ4n) is 2.07. The number of hydrogen-bond acceptors (Lipinski definition) is 3. The van der Waals surface area contributed by atoms with Crippen molar-refractivity contribution in [1.82, 2.24) is 9.97 Å². The lowest BCUT2D eigenvalue weighted by Crippen LogP contribution is -2.13. The lowest BCUT2D eigenvalue weighted by molar-refractivity contribution is -0.0381. The molecule has 1 N–H and O–H groups in total. The van der Waals surface area contributed by atoms with Crippen molar-refractivity contribution in [3.63, 3.8) is 0 Å². The Morgan fingerprint density at radius 1 is 1.21 bits per heavy atom. The smallest absolute Gasteiger partial charge is 0.196 e. The third kappa shape index (κ3) is 2.25. The topological polar surface area (TPSA) is 47.1 Å². The molecule has 0 saturated heterocycles. The van der Waals surface area contributed by atoms with Crippen molar-refractivity contribution in [2.75, 3.05) is 7.11 Å². The number of rotatable bonds is 3. The number of nitrogens with one attached hydrogen (secondary N) is 1. The second kappa shape index (κ2) is 4.72. The van der Waals surface area contributed by atoms with E-state index in [1.54, 1.807) is 13.3 Å². The Bertz CT molecular complexity index is 739. The van der Waals surface area contributed by atoms with E-state index in [9.17, 15) is 0 Å². The largest absolute Gasteiger partial charge is 0.465 e. The van der Waals surface area contributed by atoms with Gasteiger partial charge in [-0.2, -0.15) is 0 Å². The highest BCUT2D eigenvalue weighted by atomic mass is 35.5. The standard InChI is InChI=1S/C14H13ClN2O2/c1-8(18-2)19-9-3-4-12-10(5-9)11-6-14(15)16-7-13(11)17-12/h3-8,17H,1-2H3. The van der Waals surface area contributed by atoms with E-state index in [2.05, 4.69) is 9.97 Å². The summed E-state index contributed by atoms with van der Waals surface area (Å²) in [5.41, 5.74) is 1.98. The fraction of sp³-hybridized carbons (Fsp3) is 0.214. The Kier molecular flexibility index (Phi) is 3.05. The van der Waals surface area contributed by atoms with Gasteiger partial charge >= 0.3 is 0 Å². The molecule has 2 aromatic heterocycles. The van der Waals surface area contributed by atoms with Crippen LogP contribution in [-0.2, 0) is 4.74 Å². The summed E-state index contributed by atoms with van der Waals surface area (Å²) in [5.74, 6) is 0.760. The molecular weight excluding hydrogens is 264 g/mol. The molecule has 0 saturated carbocycles. The Morgan fingerprint density at radius 3 is 2.79 bits per heavy atom. The summed E-state index contributed by atoms with van der Waals surface area (Å²) in [4.78, 5) is 7.36. The van der Waals surface area contributed by atoms with E-state index in [1.165, 1.54) is 0 Å². The molecule has 0 spiro atoms. The lowest BCUT2D eigenvalue weighted by Gasteiger charge is -2.12. The van der Waals surface area contributed by atoms with E-state index in [4.69, 9.17) is 21.1 Å². The minimum Gasteiger partial charge on any atom is -0.465 e. The average molecular weight is 277 g/mol. The van der Waals surface area contributed by atoms with Gasteiger partial charge in [0.1, 0.15) is 10.9 Å². The van der Waals surface area contributed by atoms with Gasteiger partial charge in [0.05, 0.1) is 11.7 Å². The first-order valence-electron chi connectivity index (χ1n) is 5.94. The molecule has 0 amide bonds. The number of ether oxygens (including phenoxy) is 2. The molecule has 0 aliphatic heterocycles. The van der Waals surface area contributed by atoms with Gasteiger partial charge in [-0.05, 0) is 31.2 Å². The van der Waals surface area contributed by atoms with Crippen molar-refractivity contribution in [2.24, 2.45) is 0 Å². The normalized spacial score (nSPS) is 13.0. The van der Waals surface area contributed by atoms with Crippen LogP contribution in [-0.4, -0.2) is 23.4 Å². The monoisotopic (exact) mass is 276 g/mol. The first kappa shape index (κ1) is 12.3. The molecular formula is C14H13ClN2O2. The molecule has 98 valence electrons. The highest BCUT2D eigenvalue weighted by molar-refractivity contribution is 6.30. The maximum Gasteiger partial charge on any atom is 0.196 e. The van der Waals surface area contributed by atoms with E-state index in [0.29, 0.717) is 5.15 Å². The third-order valence-electron chi connectivity index (χ3n) is 3.06. The highest BCUT2D eigenvalue weighted by Crippen LogP contribution is 2.29. The van der Waals surface area contributed by atoms with Crippen LogP contribution in [0, 0.1) is 0 Å². The lowest BCUT2D eigenvalue weighted by atomic mass is 10.2. The average Bonchev–Trinajstić information content (AvgIpc) is 2.76. The van der Waals surface area contributed by atoms with Gasteiger partial charge in [-0.15, -0.1) is 0 Å². The van der Waals surface area contributed by atoms with E-state index >= 15 is 0 Å². The molecule has 1 atom stereocenters. The van der Waals surface area contributed by atoms with Gasteiger partial charge in [0, 0.05) is 23.4 Å². The molecule has 0 aliphatic carbocycles. The van der Waals surface area contributed by atoms with E-state index in [0.717, 1.165) is 27.6 Å². The second-order valence-electron chi connectivity index (χ2n) is 4.31. The zero-order valence-corrected chi connectivity index (χ0v) is 11.4. The summed E-state index contributed by atoms with van der Waals surface area (Å²) in [5, 5.41) is 2.57. The summed E-state index contributed by atoms with van der Waals surface area (Å²) in [7, 11) is 1.61. The van der Waals surface area contributed by atoms with Crippen LogP contribution in [0.2, 0.25) is 5.15 Å². The number of H-pyrrole nitrogens is 1. The molecule has 4 nitrogen and oxygen atoms in total. The van der Waals surface area contributed by atoms with Crippen LogP contribution < -0.4 is 4.74 Å². The van der Waals surface area contributed by atoms with Crippen LogP contribution >= 0.6 is 11.6 Å². The fourth-order valence-corrected chi connectivity index (χ4v) is 2.22. The summed E-state index contributed by atoms with van der Waals surface area (Å²) in [6.45, 7) is 1.85. The van der Waals surface area contributed by atoms with Gasteiger partial charge in [0.25, 0.3) is 0 Å². The van der Waals surface area contributed by atoms with Gasteiger partial charge < -0.3 is 14.5 Å². The minimum absolute atomic E-state index is 0.284. The number of aromatic amines is 1. The summed E-state index contributed by atoms with van der Waals surface area (Å²) < 4.78 is 10.7. The molecule has 2 heterocycles. The van der Waals surface area contributed by atoms with Crippen LogP contribution in [0.25, 0.3) is 21.8 Å². The third-order valence-corrected chi connectivity index (χ3v) is 3.26. The second-order valence-corrected chi connectivity index (χ2v) is 4.69. The number of fused-ring (bicyclic) bond motifs is 3. The SMILES string of the molecule is COC(C)Oc1ccc2[nH]c3cnc(Cl)cc3c2c1. The Morgan fingerprint density at radius 2 is 2.00 bits per heavy atom. The van der Waals surface area contributed by atoms with Crippen LogP contribution in [0.1, 0.15) is 6.92 Å². The molecule has 3 rings (SSSR count). The molecule has 0 aliphatic rings. The van der Waals surface area contributed by atoms with Crippen molar-refractivity contribution in [2.45, 2.75) is 13.2 Å². The summed E-state index contributed by atoms with van der Waals surface area (Å²) >= 11 is 5.95. The van der Waals surface area contributed by atoms with Gasteiger partial charge in [0.15, 0.2) is 6.29 Å². The highest BCUT2D eigenvalue weighted by Gasteiger charge is 2.08. The number of aromatic nitrogens is 2. The zero-order chi connectivity index (χ0) is 13.4. The van der Waals surface area contributed by atoms with Crippen LogP contribution in [0.15, 0.2) is 30.5 Å². The molecule has 1 aromatic carbocycles. The van der Waals surface area contributed by atoms with Crippen molar-refractivity contribution in [1.29, 1.82) is 0 Å². The maximum absolute atomic E-state index is 5.95. The van der Waals surface area contributed by atoms with E-state index in [-0.39, 0.29) is 6.29 Å². The minimum atomic E-state index is -0.284. The molecule has 0 fully saturated rings. The maximum atomic E-state index is 5.95. The quantitative estimate of drug-likeness (QED) is 0.585. The van der Waals surface area contributed by atoms with Crippen molar-refractivity contribution >= 4 is 33.4 Å². The van der Waals surface area contributed by atoms with Crippen molar-refractivity contribution in [3.8, 4) is 5.75 Å². The van der Waals surface area contributed by atoms with Crippen molar-refractivity contribution in [3.05, 3.63) is 35.6 Å². The molecule has 1 unspecified atom stereocenters. The van der Waals surface area contributed by atoms with Crippen LogP contribution in [0.4, 0.5) is 0 Å². The Balaban J connectivity index is 2.15. The molecule has 0 radical (unpaired) electrons. The number of methoxy groups -OCH3 is 1.